The summed E-state index contributed by atoms with van der Waals surface area (Å²) in [4.78, 5) is 39.7. The number of hydrogen-bond donors (Lipinski definition) is 0. The van der Waals surface area contributed by atoms with Crippen molar-refractivity contribution in [3.05, 3.63) is 24.3 Å². The minimum Gasteiger partial charge on any atom is -0.495 e. The third-order valence-electron chi connectivity index (χ3n) is 6.04. The second-order valence-electron chi connectivity index (χ2n) is 7.49. The second-order valence-corrected chi connectivity index (χ2v) is 7.49. The Balaban J connectivity index is 1.84. The number of benzene rings is 1. The Labute approximate surface area is 134 Å². The number of rotatable bonds is 2. The molecule has 1 aliphatic heterocycles. The van der Waals surface area contributed by atoms with E-state index >= 15 is 0 Å². The van der Waals surface area contributed by atoms with Gasteiger partial charge in [-0.15, -0.1) is 0 Å². The van der Waals surface area contributed by atoms with Crippen molar-refractivity contribution in [1.29, 1.82) is 0 Å². The summed E-state index contributed by atoms with van der Waals surface area (Å²) in [6, 6.07) is 7.01. The van der Waals surface area contributed by atoms with Crippen molar-refractivity contribution in [3.8, 4) is 5.75 Å². The summed E-state index contributed by atoms with van der Waals surface area (Å²) in [5.41, 5.74) is -0.637. The Kier molecular flexibility index (Phi) is 2.64. The quantitative estimate of drug-likeness (QED) is 0.785. The topological polar surface area (TPSA) is 63.7 Å². The van der Waals surface area contributed by atoms with Gasteiger partial charge in [0.25, 0.3) is 0 Å². The molecule has 1 saturated heterocycles. The van der Waals surface area contributed by atoms with E-state index in [0.29, 0.717) is 24.3 Å². The van der Waals surface area contributed by atoms with E-state index in [2.05, 4.69) is 0 Å². The molecule has 1 heterocycles. The van der Waals surface area contributed by atoms with Crippen LogP contribution in [0.1, 0.15) is 26.7 Å². The van der Waals surface area contributed by atoms with Crippen LogP contribution >= 0.6 is 0 Å². The molecule has 3 fully saturated rings. The number of Topliss-reactive ketones (excluding diaryl/α,β-unsaturated/α-hetero) is 1. The zero-order valence-corrected chi connectivity index (χ0v) is 13.5. The molecule has 120 valence electrons. The molecule has 5 heteroatoms. The van der Waals surface area contributed by atoms with Crippen molar-refractivity contribution >= 4 is 23.3 Å². The molecule has 2 amide bonds. The highest BCUT2D eigenvalue weighted by Gasteiger charge is 2.74. The monoisotopic (exact) mass is 313 g/mol. The van der Waals surface area contributed by atoms with E-state index < -0.39 is 22.7 Å². The van der Waals surface area contributed by atoms with Gasteiger partial charge in [-0.1, -0.05) is 26.0 Å². The number of methoxy groups -OCH3 is 1. The highest BCUT2D eigenvalue weighted by atomic mass is 16.5. The Bertz CT molecular complexity index is 757. The van der Waals surface area contributed by atoms with Crippen molar-refractivity contribution in [2.75, 3.05) is 12.0 Å². The third-order valence-corrected chi connectivity index (χ3v) is 6.04. The third kappa shape index (κ3) is 1.55. The molecular formula is C18H19NO4. The lowest BCUT2D eigenvalue weighted by molar-refractivity contribution is -0.138. The fraction of sp³-hybridized carbons (Fsp3) is 0.500. The van der Waals surface area contributed by atoms with E-state index in [0.717, 1.165) is 0 Å². The SMILES string of the molecule is COc1ccccc1N1C(=O)[C@H]2[C@H](C1=O)[C@@]1(C)C[C@@]2(C)CC1=O. The molecule has 23 heavy (non-hydrogen) atoms. The number of nitrogens with zero attached hydrogens (tertiary/aromatic N) is 1. The number of carbonyl (C=O) groups is 3. The first-order valence-corrected chi connectivity index (χ1v) is 7.88. The van der Waals surface area contributed by atoms with Crippen LogP contribution in [0.3, 0.4) is 0 Å². The number of carbonyl (C=O) groups excluding carboxylic acids is 3. The first-order chi connectivity index (χ1) is 10.8. The average molecular weight is 313 g/mol. The molecule has 2 bridgehead atoms. The van der Waals surface area contributed by atoms with Gasteiger partial charge in [-0.25, -0.2) is 4.90 Å². The van der Waals surface area contributed by atoms with Crippen LogP contribution < -0.4 is 9.64 Å². The lowest BCUT2D eigenvalue weighted by Gasteiger charge is -2.30. The van der Waals surface area contributed by atoms with Crippen molar-refractivity contribution in [1.82, 2.24) is 0 Å². The summed E-state index contributed by atoms with van der Waals surface area (Å²) in [7, 11) is 1.51. The van der Waals surface area contributed by atoms with Crippen LogP contribution in [0, 0.1) is 22.7 Å². The molecule has 2 saturated carbocycles. The molecule has 0 aromatic heterocycles. The summed E-state index contributed by atoms with van der Waals surface area (Å²) in [6.07, 6.45) is 1.02. The van der Waals surface area contributed by atoms with E-state index in [-0.39, 0.29) is 17.6 Å². The van der Waals surface area contributed by atoms with Gasteiger partial charge in [0.2, 0.25) is 11.8 Å². The van der Waals surface area contributed by atoms with E-state index in [9.17, 15) is 14.4 Å². The minimum atomic E-state index is -0.705. The summed E-state index contributed by atoms with van der Waals surface area (Å²) >= 11 is 0. The molecule has 4 atom stereocenters. The highest BCUT2D eigenvalue weighted by Crippen LogP contribution is 2.68. The first kappa shape index (κ1) is 14.4. The number of imide groups is 1. The van der Waals surface area contributed by atoms with Gasteiger partial charge in [0.15, 0.2) is 0 Å². The van der Waals surface area contributed by atoms with Gasteiger partial charge in [-0.3, -0.25) is 14.4 Å². The maximum absolute atomic E-state index is 13.0. The summed E-state index contributed by atoms with van der Waals surface area (Å²) in [5.74, 6) is -0.784. The maximum atomic E-state index is 13.0. The van der Waals surface area contributed by atoms with Crippen molar-refractivity contribution in [2.24, 2.45) is 22.7 Å². The van der Waals surface area contributed by atoms with Crippen LogP contribution in [0.15, 0.2) is 24.3 Å². The number of amides is 2. The minimum absolute atomic E-state index is 0.115. The van der Waals surface area contributed by atoms with Gasteiger partial charge < -0.3 is 4.74 Å². The van der Waals surface area contributed by atoms with Gasteiger partial charge in [0, 0.05) is 11.8 Å². The number of ketones is 1. The van der Waals surface area contributed by atoms with Crippen molar-refractivity contribution in [2.45, 2.75) is 26.7 Å². The number of para-hydroxylation sites is 2. The fourth-order valence-corrected chi connectivity index (χ4v) is 5.14. The predicted octanol–water partition coefficient (Wildman–Crippen LogP) is 2.19. The first-order valence-electron chi connectivity index (χ1n) is 7.88. The highest BCUT2D eigenvalue weighted by molar-refractivity contribution is 6.25. The second kappa shape index (κ2) is 4.22. The zero-order valence-electron chi connectivity index (χ0n) is 13.5. The van der Waals surface area contributed by atoms with Crippen LogP contribution in [0.4, 0.5) is 5.69 Å². The molecule has 3 aliphatic rings. The van der Waals surface area contributed by atoms with Crippen LogP contribution in [0.25, 0.3) is 0 Å². The Morgan fingerprint density at radius 2 is 1.74 bits per heavy atom. The van der Waals surface area contributed by atoms with Gasteiger partial charge in [-0.05, 0) is 24.0 Å². The van der Waals surface area contributed by atoms with Crippen molar-refractivity contribution < 1.29 is 19.1 Å². The van der Waals surface area contributed by atoms with E-state index in [1.165, 1.54) is 12.0 Å². The van der Waals surface area contributed by atoms with Gasteiger partial charge in [0.05, 0.1) is 24.6 Å². The van der Waals surface area contributed by atoms with Crippen molar-refractivity contribution in [3.63, 3.8) is 0 Å². The molecule has 1 aromatic carbocycles. The van der Waals surface area contributed by atoms with E-state index in [4.69, 9.17) is 4.74 Å². The van der Waals surface area contributed by atoms with Crippen LogP contribution in [-0.2, 0) is 14.4 Å². The number of fused-ring (bicyclic) bond motifs is 5. The lowest BCUT2D eigenvalue weighted by Crippen LogP contribution is -2.40. The molecule has 5 nitrogen and oxygen atoms in total. The lowest BCUT2D eigenvalue weighted by atomic mass is 9.68. The Morgan fingerprint density at radius 3 is 2.43 bits per heavy atom. The van der Waals surface area contributed by atoms with Crippen LogP contribution in [0.5, 0.6) is 5.75 Å². The smallest absolute Gasteiger partial charge is 0.238 e. The van der Waals surface area contributed by atoms with Crippen LogP contribution in [-0.4, -0.2) is 24.7 Å². The Hall–Kier alpha value is -2.17. The average Bonchev–Trinajstić information content (AvgIpc) is 3.01. The van der Waals surface area contributed by atoms with Gasteiger partial charge in [0.1, 0.15) is 11.5 Å². The fourth-order valence-electron chi connectivity index (χ4n) is 5.14. The molecule has 0 N–H and O–H groups in total. The molecule has 1 aromatic rings. The van der Waals surface area contributed by atoms with E-state index in [1.54, 1.807) is 24.3 Å². The number of hydrogen-bond acceptors (Lipinski definition) is 4. The molecule has 4 rings (SSSR count). The summed E-state index contributed by atoms with van der Waals surface area (Å²) < 4.78 is 5.30. The molecule has 0 radical (unpaired) electrons. The molecule has 2 aliphatic carbocycles. The van der Waals surface area contributed by atoms with Crippen LogP contribution in [0.2, 0.25) is 0 Å². The zero-order chi connectivity index (χ0) is 16.6. The normalized spacial score (nSPS) is 38.4. The predicted molar refractivity (Wildman–Crippen MR) is 82.9 cm³/mol. The standard InChI is InChI=1S/C18H19NO4/c1-17-8-12(20)18(2,9-17)14-13(17)15(21)19(16(14)22)10-6-4-5-7-11(10)23-3/h4-7,13-14H,8-9H2,1-3H3/t13-,14-,17-,18+/m1/s1. The summed E-state index contributed by atoms with van der Waals surface area (Å²) in [6.45, 7) is 3.82. The maximum Gasteiger partial charge on any atom is 0.238 e. The van der Waals surface area contributed by atoms with Gasteiger partial charge >= 0.3 is 0 Å². The molecule has 0 unspecified atom stereocenters. The largest absolute Gasteiger partial charge is 0.495 e. The van der Waals surface area contributed by atoms with E-state index in [1.807, 2.05) is 13.8 Å². The molecule has 0 spiro atoms. The summed E-state index contributed by atoms with van der Waals surface area (Å²) in [5, 5.41) is 0. The van der Waals surface area contributed by atoms with Gasteiger partial charge in [-0.2, -0.15) is 0 Å². The number of anilines is 1. The Morgan fingerprint density at radius 1 is 1.09 bits per heavy atom. The number of ether oxygens (including phenoxy) is 1. The molecular weight excluding hydrogens is 294 g/mol.